The van der Waals surface area contributed by atoms with E-state index in [2.05, 4.69) is 187 Å². The third-order valence-electron chi connectivity index (χ3n) is 12.6. The summed E-state index contributed by atoms with van der Waals surface area (Å²) in [6, 6.07) is 46.3. The van der Waals surface area contributed by atoms with Gasteiger partial charge in [0.25, 0.3) is 0 Å². The second-order valence-electron chi connectivity index (χ2n) is 17.5. The van der Waals surface area contributed by atoms with Crippen molar-refractivity contribution in [1.82, 2.24) is 23.9 Å². The van der Waals surface area contributed by atoms with E-state index >= 15 is 0 Å². The Balaban J connectivity index is 0.00000490. The van der Waals surface area contributed by atoms with Crippen molar-refractivity contribution < 1.29 is 25.8 Å². The minimum absolute atomic E-state index is 0. The van der Waals surface area contributed by atoms with E-state index in [1.165, 1.54) is 49.6 Å². The van der Waals surface area contributed by atoms with Gasteiger partial charge in [-0.1, -0.05) is 91.2 Å². The molecule has 10 aromatic rings. The summed E-state index contributed by atoms with van der Waals surface area (Å²) in [6.07, 6.45) is 2.03. The van der Waals surface area contributed by atoms with Crippen molar-refractivity contribution in [2.24, 2.45) is 0 Å². The molecule has 7 heteroatoms. The molecule has 0 aliphatic carbocycles. The quantitative estimate of drug-likeness (QED) is 0.150. The molecular formula is C55H49N5OPt. The summed E-state index contributed by atoms with van der Waals surface area (Å²) in [5.41, 5.74) is 17.6. The number of nitrogens with zero attached hydrogens (tertiary/aromatic N) is 5. The molecule has 310 valence electrons. The van der Waals surface area contributed by atoms with Gasteiger partial charge in [-0.25, -0.2) is 4.98 Å². The number of hydrogen-bond donors (Lipinski definition) is 0. The first-order chi connectivity index (χ1) is 29.3. The predicted molar refractivity (Wildman–Crippen MR) is 251 cm³/mol. The minimum Gasteiger partial charge on any atom is -0.509 e. The van der Waals surface area contributed by atoms with Crippen LogP contribution in [-0.4, -0.2) is 23.9 Å². The molecule has 0 N–H and O–H groups in total. The molecule has 0 fully saturated rings. The first-order valence-corrected chi connectivity index (χ1v) is 21.1. The molecule has 0 aliphatic heterocycles. The van der Waals surface area contributed by atoms with Crippen molar-refractivity contribution in [1.29, 1.82) is 0 Å². The number of rotatable bonds is 7. The maximum Gasteiger partial charge on any atom is 2.00 e. The molecule has 0 spiro atoms. The Morgan fingerprint density at radius 3 is 1.90 bits per heavy atom. The number of pyridine rings is 1. The monoisotopic (exact) mass is 990 g/mol. The third kappa shape index (κ3) is 6.59. The molecule has 4 heterocycles. The SMILES string of the molecule is Cc1cc(C)c2c(c1)c1cc(C)cc(C)c1n2-c1c(C)cnc(-n2c3[c-]c(Oc4[c-]c(-n5nc(C)cc5C)cc(C(C)(C)c5ccccc5)c4)ccc3c3ccccc32)c1C.[Pt+2]. The van der Waals surface area contributed by atoms with Crippen molar-refractivity contribution in [3.63, 3.8) is 0 Å². The fourth-order valence-corrected chi connectivity index (χ4v) is 9.77. The van der Waals surface area contributed by atoms with E-state index in [1.54, 1.807) is 0 Å². The Morgan fingerprint density at radius 1 is 0.581 bits per heavy atom. The Kier molecular flexibility index (Phi) is 10.1. The molecule has 10 rings (SSSR count). The van der Waals surface area contributed by atoms with E-state index in [0.29, 0.717) is 11.5 Å². The largest absolute Gasteiger partial charge is 2.00 e. The summed E-state index contributed by atoms with van der Waals surface area (Å²) in [5.74, 6) is 2.04. The molecule has 4 aromatic heterocycles. The van der Waals surface area contributed by atoms with Gasteiger partial charge in [-0.05, 0) is 118 Å². The second kappa shape index (κ2) is 15.3. The van der Waals surface area contributed by atoms with Crippen LogP contribution in [0.1, 0.15) is 69.7 Å². The van der Waals surface area contributed by atoms with Crippen molar-refractivity contribution in [2.45, 2.75) is 74.7 Å². The summed E-state index contributed by atoms with van der Waals surface area (Å²) in [4.78, 5) is 5.23. The molecule has 0 saturated carbocycles. The number of para-hydroxylation sites is 1. The topological polar surface area (TPSA) is 49.8 Å². The smallest absolute Gasteiger partial charge is 0.509 e. The number of hydrogen-bond acceptors (Lipinski definition) is 3. The molecule has 0 bridgehead atoms. The van der Waals surface area contributed by atoms with Crippen LogP contribution in [0.2, 0.25) is 0 Å². The van der Waals surface area contributed by atoms with Gasteiger partial charge >= 0.3 is 21.1 Å². The molecule has 0 unspecified atom stereocenters. The van der Waals surface area contributed by atoms with Crippen LogP contribution in [0.3, 0.4) is 0 Å². The number of aromatic nitrogens is 5. The van der Waals surface area contributed by atoms with Gasteiger partial charge in [0.15, 0.2) is 0 Å². The minimum atomic E-state index is -0.323. The van der Waals surface area contributed by atoms with Crippen LogP contribution in [-0.2, 0) is 26.5 Å². The molecule has 6 nitrogen and oxygen atoms in total. The Morgan fingerprint density at radius 2 is 1.24 bits per heavy atom. The number of aryl methyl sites for hydroxylation is 7. The molecule has 0 radical (unpaired) electrons. The summed E-state index contributed by atoms with van der Waals surface area (Å²) >= 11 is 0. The zero-order valence-corrected chi connectivity index (χ0v) is 39.2. The van der Waals surface area contributed by atoms with Gasteiger partial charge in [-0.3, -0.25) is 4.68 Å². The van der Waals surface area contributed by atoms with Crippen LogP contribution < -0.4 is 4.74 Å². The molecule has 62 heavy (non-hydrogen) atoms. The zero-order chi connectivity index (χ0) is 42.5. The van der Waals surface area contributed by atoms with Gasteiger partial charge in [0.1, 0.15) is 5.82 Å². The van der Waals surface area contributed by atoms with E-state index in [9.17, 15) is 0 Å². The molecule has 0 aliphatic rings. The van der Waals surface area contributed by atoms with Gasteiger partial charge in [0.2, 0.25) is 0 Å². The zero-order valence-electron chi connectivity index (χ0n) is 36.9. The van der Waals surface area contributed by atoms with Crippen molar-refractivity contribution in [3.8, 4) is 28.7 Å². The fourth-order valence-electron chi connectivity index (χ4n) is 9.77. The fraction of sp³-hybridized carbons (Fsp3) is 0.200. The van der Waals surface area contributed by atoms with Crippen molar-refractivity contribution in [3.05, 3.63) is 183 Å². The van der Waals surface area contributed by atoms with Crippen LogP contribution in [0.15, 0.2) is 115 Å². The van der Waals surface area contributed by atoms with Crippen LogP contribution in [0.25, 0.3) is 60.8 Å². The average Bonchev–Trinajstić information content (AvgIpc) is 3.86. The molecule has 0 saturated heterocycles. The first-order valence-electron chi connectivity index (χ1n) is 21.1. The normalized spacial score (nSPS) is 11.9. The standard InChI is InChI=1S/C55H49N5O.Pt/c1-32-22-34(3)52-47(24-32)48-25-33(2)23-35(4)53(48)59(52)51-36(5)31-56-54(39(51)8)58-49-19-15-14-18-45(49)46-21-20-43(30-50(46)58)61-44-28-41(55(9,10)40-16-12-11-13-17-40)27-42(29-44)60-38(7)26-37(6)57-60;/h11-28,31H,1-10H3;/q-2;+2. The van der Waals surface area contributed by atoms with Crippen LogP contribution >= 0.6 is 0 Å². The van der Waals surface area contributed by atoms with Crippen LogP contribution in [0.4, 0.5) is 0 Å². The van der Waals surface area contributed by atoms with Crippen LogP contribution in [0, 0.1) is 67.5 Å². The average molecular weight is 991 g/mol. The van der Waals surface area contributed by atoms with E-state index in [-0.39, 0.29) is 26.5 Å². The number of ether oxygens (including phenoxy) is 1. The molecular weight excluding hydrogens is 942 g/mol. The number of benzene rings is 6. The molecule has 0 atom stereocenters. The van der Waals surface area contributed by atoms with E-state index in [1.807, 2.05) is 23.9 Å². The molecule has 6 aromatic carbocycles. The maximum absolute atomic E-state index is 6.84. The van der Waals surface area contributed by atoms with Gasteiger partial charge in [0, 0.05) is 45.2 Å². The molecule has 0 amide bonds. The Hall–Kier alpha value is -6.23. The van der Waals surface area contributed by atoms with Gasteiger partial charge < -0.3 is 13.9 Å². The van der Waals surface area contributed by atoms with Gasteiger partial charge in [-0.15, -0.1) is 41.3 Å². The van der Waals surface area contributed by atoms with Crippen LogP contribution in [0.5, 0.6) is 11.5 Å². The summed E-state index contributed by atoms with van der Waals surface area (Å²) in [7, 11) is 0. The van der Waals surface area contributed by atoms with E-state index < -0.39 is 0 Å². The van der Waals surface area contributed by atoms with Crippen molar-refractivity contribution in [2.75, 3.05) is 0 Å². The predicted octanol–water partition coefficient (Wildman–Crippen LogP) is 13.6. The van der Waals surface area contributed by atoms with E-state index in [0.717, 1.165) is 67.1 Å². The summed E-state index contributed by atoms with van der Waals surface area (Å²) in [6.45, 7) is 21.8. The third-order valence-corrected chi connectivity index (χ3v) is 12.6. The van der Waals surface area contributed by atoms with Gasteiger partial charge in [-0.2, -0.15) is 11.2 Å². The summed E-state index contributed by atoms with van der Waals surface area (Å²) in [5, 5.41) is 9.59. The van der Waals surface area contributed by atoms with E-state index in [4.69, 9.17) is 14.8 Å². The van der Waals surface area contributed by atoms with Crippen molar-refractivity contribution >= 4 is 43.6 Å². The second-order valence-corrected chi connectivity index (χ2v) is 17.5. The first kappa shape index (κ1) is 41.1. The number of fused-ring (bicyclic) bond motifs is 6. The Labute approximate surface area is 378 Å². The summed E-state index contributed by atoms with van der Waals surface area (Å²) < 4.78 is 13.5. The maximum atomic E-state index is 6.84. The van der Waals surface area contributed by atoms with Gasteiger partial charge in [0.05, 0.1) is 22.4 Å². The Bertz CT molecular complexity index is 3340.